The molecule has 0 spiro atoms. The minimum atomic E-state index is -0.360. The highest BCUT2D eigenvalue weighted by Crippen LogP contribution is 2.10. The van der Waals surface area contributed by atoms with Crippen molar-refractivity contribution in [2.45, 2.75) is 20.0 Å². The number of hydrogen-bond donors (Lipinski definition) is 0. The molecule has 70 valence electrons. The first-order chi connectivity index (χ1) is 6.16. The van der Waals surface area contributed by atoms with Crippen molar-refractivity contribution in [2.24, 2.45) is 0 Å². The Morgan fingerprint density at radius 2 is 2.00 bits per heavy atom. The number of benzene rings is 1. The minimum Gasteiger partial charge on any atom is -0.374 e. The van der Waals surface area contributed by atoms with Crippen molar-refractivity contribution in [3.05, 3.63) is 35.4 Å². The van der Waals surface area contributed by atoms with Crippen LogP contribution in [0.15, 0.2) is 24.3 Å². The second kappa shape index (κ2) is 4.19. The molecule has 0 N–H and O–H groups in total. The van der Waals surface area contributed by atoms with Crippen LogP contribution >= 0.6 is 0 Å². The molecule has 0 aliphatic heterocycles. The lowest BCUT2D eigenvalue weighted by Gasteiger charge is -2.09. The third-order valence-corrected chi connectivity index (χ3v) is 2.13. The molecule has 0 saturated carbocycles. The van der Waals surface area contributed by atoms with E-state index in [-0.39, 0.29) is 11.9 Å². The van der Waals surface area contributed by atoms with Gasteiger partial charge in [-0.15, -0.1) is 0 Å². The molecule has 0 aromatic heterocycles. The number of ketones is 1. The molecular weight excluding hydrogens is 164 g/mol. The lowest BCUT2D eigenvalue weighted by Crippen LogP contribution is -2.19. The molecule has 0 heterocycles. The van der Waals surface area contributed by atoms with Crippen LogP contribution < -0.4 is 0 Å². The summed E-state index contributed by atoms with van der Waals surface area (Å²) in [6, 6.07) is 7.54. The average molecular weight is 178 g/mol. The van der Waals surface area contributed by atoms with Crippen molar-refractivity contribution in [3.63, 3.8) is 0 Å². The molecule has 13 heavy (non-hydrogen) atoms. The third-order valence-electron chi connectivity index (χ3n) is 2.13. The van der Waals surface area contributed by atoms with Crippen molar-refractivity contribution in [3.8, 4) is 0 Å². The summed E-state index contributed by atoms with van der Waals surface area (Å²) in [5.74, 6) is 0.0422. The van der Waals surface area contributed by atoms with Gasteiger partial charge in [0.25, 0.3) is 0 Å². The van der Waals surface area contributed by atoms with Crippen molar-refractivity contribution >= 4 is 5.78 Å². The van der Waals surface area contributed by atoms with Crippen LogP contribution in [0.5, 0.6) is 0 Å². The molecule has 1 atom stereocenters. The molecule has 0 radical (unpaired) electrons. The van der Waals surface area contributed by atoms with Crippen LogP contribution in [0.25, 0.3) is 0 Å². The molecule has 2 nitrogen and oxygen atoms in total. The molecule has 0 amide bonds. The van der Waals surface area contributed by atoms with Crippen LogP contribution in [-0.4, -0.2) is 19.0 Å². The zero-order valence-corrected chi connectivity index (χ0v) is 8.20. The Hall–Kier alpha value is -1.15. The van der Waals surface area contributed by atoms with E-state index in [4.69, 9.17) is 4.74 Å². The predicted octanol–water partition coefficient (Wildman–Crippen LogP) is 2.21. The number of carbonyl (C=O) groups is 1. The van der Waals surface area contributed by atoms with E-state index in [2.05, 4.69) is 0 Å². The Kier molecular flexibility index (Phi) is 3.20. The van der Waals surface area contributed by atoms with Gasteiger partial charge >= 0.3 is 0 Å². The van der Waals surface area contributed by atoms with Gasteiger partial charge in [0.15, 0.2) is 5.78 Å². The SMILES string of the molecule is COC(C)C(=O)c1ccccc1C. The van der Waals surface area contributed by atoms with Gasteiger partial charge in [-0.25, -0.2) is 0 Å². The highest BCUT2D eigenvalue weighted by atomic mass is 16.5. The third kappa shape index (κ3) is 2.16. The van der Waals surface area contributed by atoms with E-state index in [0.29, 0.717) is 0 Å². The Labute approximate surface area is 78.5 Å². The first-order valence-corrected chi connectivity index (χ1v) is 4.29. The zero-order chi connectivity index (χ0) is 9.84. The lowest BCUT2D eigenvalue weighted by atomic mass is 10.0. The van der Waals surface area contributed by atoms with Gasteiger partial charge in [-0.05, 0) is 19.4 Å². The van der Waals surface area contributed by atoms with Crippen molar-refractivity contribution in [1.29, 1.82) is 0 Å². The quantitative estimate of drug-likeness (QED) is 0.663. The van der Waals surface area contributed by atoms with Gasteiger partial charge in [-0.3, -0.25) is 4.79 Å². The van der Waals surface area contributed by atoms with Crippen LogP contribution in [0.3, 0.4) is 0 Å². The highest BCUT2D eigenvalue weighted by Gasteiger charge is 2.15. The molecule has 0 fully saturated rings. The fourth-order valence-corrected chi connectivity index (χ4v) is 1.18. The van der Waals surface area contributed by atoms with E-state index in [1.165, 1.54) is 0 Å². The number of Topliss-reactive ketones (excluding diaryl/α,β-unsaturated/α-hetero) is 1. The second-order valence-corrected chi connectivity index (χ2v) is 3.06. The van der Waals surface area contributed by atoms with Gasteiger partial charge in [0.05, 0.1) is 0 Å². The summed E-state index contributed by atoms with van der Waals surface area (Å²) >= 11 is 0. The lowest BCUT2D eigenvalue weighted by molar-refractivity contribution is 0.0655. The maximum absolute atomic E-state index is 11.7. The number of aryl methyl sites for hydroxylation is 1. The fraction of sp³-hybridized carbons (Fsp3) is 0.364. The summed E-state index contributed by atoms with van der Waals surface area (Å²) in [6.07, 6.45) is -0.360. The Bertz CT molecular complexity index is 305. The molecule has 1 aromatic carbocycles. The van der Waals surface area contributed by atoms with Gasteiger partial charge in [0, 0.05) is 12.7 Å². The highest BCUT2D eigenvalue weighted by molar-refractivity contribution is 6.00. The molecular formula is C11H14O2. The molecule has 1 aromatic rings. The molecule has 1 unspecified atom stereocenters. The van der Waals surface area contributed by atoms with Gasteiger partial charge in [-0.2, -0.15) is 0 Å². The summed E-state index contributed by atoms with van der Waals surface area (Å²) in [5, 5.41) is 0. The van der Waals surface area contributed by atoms with Crippen molar-refractivity contribution < 1.29 is 9.53 Å². The average Bonchev–Trinajstić information content (AvgIpc) is 2.16. The van der Waals surface area contributed by atoms with Crippen molar-refractivity contribution in [2.75, 3.05) is 7.11 Å². The van der Waals surface area contributed by atoms with Crippen LogP contribution in [0.1, 0.15) is 22.8 Å². The number of hydrogen-bond acceptors (Lipinski definition) is 2. The van der Waals surface area contributed by atoms with E-state index in [0.717, 1.165) is 11.1 Å². The fourth-order valence-electron chi connectivity index (χ4n) is 1.18. The Morgan fingerprint density at radius 3 is 2.54 bits per heavy atom. The van der Waals surface area contributed by atoms with E-state index in [9.17, 15) is 4.79 Å². The van der Waals surface area contributed by atoms with Gasteiger partial charge in [-0.1, -0.05) is 24.3 Å². The van der Waals surface area contributed by atoms with Crippen LogP contribution in [0, 0.1) is 6.92 Å². The number of methoxy groups -OCH3 is 1. The molecule has 2 heteroatoms. The summed E-state index contributed by atoms with van der Waals surface area (Å²) in [5.41, 5.74) is 1.74. The molecule has 0 bridgehead atoms. The summed E-state index contributed by atoms with van der Waals surface area (Å²) in [6.45, 7) is 3.68. The topological polar surface area (TPSA) is 26.3 Å². The standard InChI is InChI=1S/C11H14O2/c1-8-6-4-5-7-10(8)11(12)9(2)13-3/h4-7,9H,1-3H3. The maximum atomic E-state index is 11.7. The maximum Gasteiger partial charge on any atom is 0.191 e. The van der Waals surface area contributed by atoms with E-state index < -0.39 is 0 Å². The van der Waals surface area contributed by atoms with Crippen LogP contribution in [0.4, 0.5) is 0 Å². The molecule has 0 aliphatic rings. The van der Waals surface area contributed by atoms with E-state index in [1.54, 1.807) is 14.0 Å². The second-order valence-electron chi connectivity index (χ2n) is 3.06. The van der Waals surface area contributed by atoms with Crippen molar-refractivity contribution in [1.82, 2.24) is 0 Å². The normalized spacial score (nSPS) is 12.5. The van der Waals surface area contributed by atoms with E-state index in [1.807, 2.05) is 31.2 Å². The summed E-state index contributed by atoms with van der Waals surface area (Å²) < 4.78 is 4.97. The number of ether oxygens (including phenoxy) is 1. The minimum absolute atomic E-state index is 0.0422. The smallest absolute Gasteiger partial charge is 0.191 e. The van der Waals surface area contributed by atoms with Gasteiger partial charge < -0.3 is 4.74 Å². The van der Waals surface area contributed by atoms with E-state index >= 15 is 0 Å². The predicted molar refractivity (Wildman–Crippen MR) is 52.0 cm³/mol. The number of rotatable bonds is 3. The summed E-state index contributed by atoms with van der Waals surface area (Å²) in [4.78, 5) is 11.7. The van der Waals surface area contributed by atoms with Gasteiger partial charge in [0.2, 0.25) is 0 Å². The Morgan fingerprint density at radius 1 is 1.38 bits per heavy atom. The largest absolute Gasteiger partial charge is 0.374 e. The van der Waals surface area contributed by atoms with Crippen LogP contribution in [-0.2, 0) is 4.74 Å². The first-order valence-electron chi connectivity index (χ1n) is 4.29. The monoisotopic (exact) mass is 178 g/mol. The van der Waals surface area contributed by atoms with Gasteiger partial charge in [0.1, 0.15) is 6.10 Å². The first kappa shape index (κ1) is 9.93. The molecule has 1 rings (SSSR count). The van der Waals surface area contributed by atoms with Crippen LogP contribution in [0.2, 0.25) is 0 Å². The zero-order valence-electron chi connectivity index (χ0n) is 8.20. The molecule has 0 saturated heterocycles. The Balaban J connectivity index is 2.95. The number of carbonyl (C=O) groups excluding carboxylic acids is 1. The molecule has 0 aliphatic carbocycles. The summed E-state index contributed by atoms with van der Waals surface area (Å²) in [7, 11) is 1.54.